The van der Waals surface area contributed by atoms with Crippen molar-refractivity contribution in [2.24, 2.45) is 0 Å². The summed E-state index contributed by atoms with van der Waals surface area (Å²) in [6, 6.07) is 19.2. The summed E-state index contributed by atoms with van der Waals surface area (Å²) >= 11 is 0. The monoisotopic (exact) mass is 516 g/mol. The zero-order chi connectivity index (χ0) is 26.3. The SMILES string of the molecule is CC(C)(O)c1cn(-c2ccc(-c3cccc(S(C)(=O)=O)c3)cc2)c(-c2ccccc2OC(F)(F)F)n1. The highest BCUT2D eigenvalue weighted by atomic mass is 32.2. The van der Waals surface area contributed by atoms with Gasteiger partial charge in [0, 0.05) is 18.1 Å². The molecule has 0 aliphatic rings. The number of hydrogen-bond donors (Lipinski definition) is 1. The first-order valence-electron chi connectivity index (χ1n) is 10.8. The second-order valence-electron chi connectivity index (χ2n) is 8.77. The van der Waals surface area contributed by atoms with E-state index in [0.717, 1.165) is 11.8 Å². The number of alkyl halides is 3. The van der Waals surface area contributed by atoms with Crippen LogP contribution in [0.2, 0.25) is 0 Å². The van der Waals surface area contributed by atoms with Gasteiger partial charge in [0.15, 0.2) is 9.84 Å². The minimum atomic E-state index is -4.89. The number of halogens is 3. The Morgan fingerprint density at radius 2 is 1.58 bits per heavy atom. The third-order valence-electron chi connectivity index (χ3n) is 5.43. The molecule has 1 heterocycles. The zero-order valence-electron chi connectivity index (χ0n) is 19.6. The van der Waals surface area contributed by atoms with E-state index in [4.69, 9.17) is 0 Å². The molecular formula is C26H23F3N2O4S. The van der Waals surface area contributed by atoms with Gasteiger partial charge in [-0.1, -0.05) is 36.4 Å². The summed E-state index contributed by atoms with van der Waals surface area (Å²) in [7, 11) is -3.38. The van der Waals surface area contributed by atoms with Crippen molar-refractivity contribution in [1.29, 1.82) is 0 Å². The van der Waals surface area contributed by atoms with Gasteiger partial charge in [-0.25, -0.2) is 13.4 Å². The lowest BCUT2D eigenvalue weighted by Crippen LogP contribution is -2.18. The molecule has 0 atom stereocenters. The van der Waals surface area contributed by atoms with Gasteiger partial charge in [0.1, 0.15) is 17.2 Å². The maximum absolute atomic E-state index is 13.0. The van der Waals surface area contributed by atoms with E-state index < -0.39 is 27.6 Å². The fourth-order valence-corrected chi connectivity index (χ4v) is 4.31. The number of hydrogen-bond acceptors (Lipinski definition) is 5. The molecule has 1 N–H and O–H groups in total. The zero-order valence-corrected chi connectivity index (χ0v) is 20.4. The minimum Gasteiger partial charge on any atom is -0.405 e. The van der Waals surface area contributed by atoms with Crippen molar-refractivity contribution in [3.8, 4) is 34.0 Å². The number of ether oxygens (including phenoxy) is 1. The van der Waals surface area contributed by atoms with Crippen LogP contribution >= 0.6 is 0 Å². The lowest BCUT2D eigenvalue weighted by Gasteiger charge is -2.14. The summed E-state index contributed by atoms with van der Waals surface area (Å²) < 4.78 is 68.7. The molecule has 0 unspecified atom stereocenters. The van der Waals surface area contributed by atoms with Crippen molar-refractivity contribution < 1.29 is 31.4 Å². The molecule has 0 aliphatic carbocycles. The van der Waals surface area contributed by atoms with Crippen molar-refractivity contribution in [3.05, 3.63) is 84.7 Å². The smallest absolute Gasteiger partial charge is 0.405 e. The fourth-order valence-electron chi connectivity index (χ4n) is 3.65. The van der Waals surface area contributed by atoms with E-state index in [-0.39, 0.29) is 22.0 Å². The van der Waals surface area contributed by atoms with Crippen LogP contribution in [-0.2, 0) is 15.4 Å². The summed E-state index contributed by atoms with van der Waals surface area (Å²) in [5.41, 5.74) is 0.995. The third kappa shape index (κ3) is 5.60. The van der Waals surface area contributed by atoms with Crippen molar-refractivity contribution in [3.63, 3.8) is 0 Å². The van der Waals surface area contributed by atoms with Crippen LogP contribution in [0.3, 0.4) is 0 Å². The first-order valence-corrected chi connectivity index (χ1v) is 12.7. The quantitative estimate of drug-likeness (QED) is 0.354. The van der Waals surface area contributed by atoms with E-state index in [1.54, 1.807) is 59.3 Å². The second kappa shape index (κ2) is 9.11. The molecule has 0 bridgehead atoms. The Morgan fingerprint density at radius 3 is 2.19 bits per heavy atom. The summed E-state index contributed by atoms with van der Waals surface area (Å²) in [5, 5.41) is 10.5. The lowest BCUT2D eigenvalue weighted by molar-refractivity contribution is -0.274. The van der Waals surface area contributed by atoms with Crippen LogP contribution in [-0.4, -0.2) is 35.7 Å². The molecular weight excluding hydrogens is 493 g/mol. The fraction of sp³-hybridized carbons (Fsp3) is 0.192. The molecule has 0 aliphatic heterocycles. The van der Waals surface area contributed by atoms with Crippen LogP contribution in [0.15, 0.2) is 83.9 Å². The molecule has 0 radical (unpaired) electrons. The molecule has 6 nitrogen and oxygen atoms in total. The molecule has 0 fully saturated rings. The number of para-hydroxylation sites is 1. The third-order valence-corrected chi connectivity index (χ3v) is 6.54. The van der Waals surface area contributed by atoms with Crippen molar-refractivity contribution >= 4 is 9.84 Å². The van der Waals surface area contributed by atoms with Crippen LogP contribution in [0.5, 0.6) is 5.75 Å². The molecule has 3 aromatic carbocycles. The molecule has 1 aromatic heterocycles. The molecule has 0 saturated carbocycles. The Morgan fingerprint density at radius 1 is 0.917 bits per heavy atom. The van der Waals surface area contributed by atoms with E-state index in [1.807, 2.05) is 0 Å². The molecule has 188 valence electrons. The van der Waals surface area contributed by atoms with E-state index in [0.29, 0.717) is 11.3 Å². The number of rotatable bonds is 6. The predicted octanol–water partition coefficient (Wildman–Crippen LogP) is 5.74. The Hall–Kier alpha value is -3.63. The van der Waals surface area contributed by atoms with Crippen molar-refractivity contribution in [2.45, 2.75) is 30.7 Å². The molecule has 0 saturated heterocycles. The van der Waals surface area contributed by atoms with Gasteiger partial charge in [-0.3, -0.25) is 4.57 Å². The van der Waals surface area contributed by atoms with E-state index in [2.05, 4.69) is 9.72 Å². The predicted molar refractivity (Wildman–Crippen MR) is 129 cm³/mol. The van der Waals surface area contributed by atoms with Crippen molar-refractivity contribution in [1.82, 2.24) is 9.55 Å². The maximum Gasteiger partial charge on any atom is 0.573 e. The highest BCUT2D eigenvalue weighted by Crippen LogP contribution is 2.36. The normalized spacial score (nSPS) is 12.5. The standard InChI is InChI=1S/C26H23F3N2O4S/c1-25(2,32)23-16-31(24(30-23)21-9-4-5-10-22(21)35-26(27,28)29)19-13-11-17(12-14-19)18-7-6-8-20(15-18)36(3,33)34/h4-16,32H,1-3H3. The summed E-state index contributed by atoms with van der Waals surface area (Å²) in [6.07, 6.45) is -2.20. The number of imidazole rings is 1. The molecule has 36 heavy (non-hydrogen) atoms. The Kier molecular flexibility index (Phi) is 6.44. The number of nitrogens with zero attached hydrogens (tertiary/aromatic N) is 2. The summed E-state index contributed by atoms with van der Waals surface area (Å²) in [4.78, 5) is 4.63. The second-order valence-corrected chi connectivity index (χ2v) is 10.8. The van der Waals surface area contributed by atoms with Crippen LogP contribution in [0.4, 0.5) is 13.2 Å². The Balaban J connectivity index is 1.81. The van der Waals surface area contributed by atoms with E-state index in [1.165, 1.54) is 38.1 Å². The van der Waals surface area contributed by atoms with Gasteiger partial charge in [-0.05, 0) is 61.4 Å². The molecule has 0 amide bonds. The number of sulfone groups is 1. The molecule has 10 heteroatoms. The number of benzene rings is 3. The molecule has 0 spiro atoms. The van der Waals surface area contributed by atoms with Crippen LogP contribution < -0.4 is 4.74 Å². The summed E-state index contributed by atoms with van der Waals surface area (Å²) in [6.45, 7) is 3.05. The van der Waals surface area contributed by atoms with Crippen LogP contribution in [0.1, 0.15) is 19.5 Å². The van der Waals surface area contributed by atoms with Gasteiger partial charge < -0.3 is 9.84 Å². The van der Waals surface area contributed by atoms with Gasteiger partial charge in [0.2, 0.25) is 0 Å². The first kappa shape index (κ1) is 25.5. The Bertz CT molecular complexity index is 1500. The van der Waals surface area contributed by atoms with E-state index >= 15 is 0 Å². The van der Waals surface area contributed by atoms with Crippen LogP contribution in [0.25, 0.3) is 28.2 Å². The largest absolute Gasteiger partial charge is 0.573 e. The van der Waals surface area contributed by atoms with Gasteiger partial charge in [-0.15, -0.1) is 13.2 Å². The number of aliphatic hydroxyl groups is 1. The highest BCUT2D eigenvalue weighted by Gasteiger charge is 2.33. The summed E-state index contributed by atoms with van der Waals surface area (Å²) in [5.74, 6) is -0.271. The van der Waals surface area contributed by atoms with Gasteiger partial charge in [-0.2, -0.15) is 0 Å². The average molecular weight is 517 g/mol. The molecule has 4 rings (SSSR count). The van der Waals surface area contributed by atoms with E-state index in [9.17, 15) is 26.7 Å². The molecule has 4 aromatic rings. The topological polar surface area (TPSA) is 81.4 Å². The van der Waals surface area contributed by atoms with Gasteiger partial charge in [0.05, 0.1) is 16.2 Å². The average Bonchev–Trinajstić information content (AvgIpc) is 3.24. The first-order chi connectivity index (χ1) is 16.7. The minimum absolute atomic E-state index is 0.0928. The van der Waals surface area contributed by atoms with Gasteiger partial charge >= 0.3 is 6.36 Å². The number of aromatic nitrogens is 2. The lowest BCUT2D eigenvalue weighted by atomic mass is 10.1. The Labute approximate surface area is 206 Å². The van der Waals surface area contributed by atoms with Crippen molar-refractivity contribution in [2.75, 3.05) is 6.26 Å². The maximum atomic E-state index is 13.0. The van der Waals surface area contributed by atoms with Gasteiger partial charge in [0.25, 0.3) is 0 Å². The van der Waals surface area contributed by atoms with Crippen LogP contribution in [0, 0.1) is 0 Å². The highest BCUT2D eigenvalue weighted by molar-refractivity contribution is 7.90.